The maximum atomic E-state index is 13.4. The van der Waals surface area contributed by atoms with E-state index in [0.29, 0.717) is 47.0 Å². The first kappa shape index (κ1) is 23.3. The zero-order chi connectivity index (χ0) is 25.1. The SMILES string of the molecule is COc1ccccc1NC(=O)N(CCc1ccccc1C)Cc1cc2cc3c(cc2[nH]c1=O)OCO3. The van der Waals surface area contributed by atoms with Crippen molar-refractivity contribution in [3.05, 3.63) is 93.8 Å². The largest absolute Gasteiger partial charge is 0.495 e. The normalized spacial score (nSPS) is 11.9. The highest BCUT2D eigenvalue weighted by Gasteiger charge is 2.20. The zero-order valence-corrected chi connectivity index (χ0v) is 20.2. The predicted molar refractivity (Wildman–Crippen MR) is 138 cm³/mol. The second kappa shape index (κ2) is 10.0. The number of ether oxygens (including phenoxy) is 3. The molecule has 1 aromatic heterocycles. The summed E-state index contributed by atoms with van der Waals surface area (Å²) >= 11 is 0. The summed E-state index contributed by atoms with van der Waals surface area (Å²) < 4.78 is 16.3. The molecule has 8 heteroatoms. The fourth-order valence-corrected chi connectivity index (χ4v) is 4.30. The van der Waals surface area contributed by atoms with Crippen molar-refractivity contribution in [1.82, 2.24) is 9.88 Å². The molecule has 184 valence electrons. The minimum Gasteiger partial charge on any atom is -0.495 e. The third-order valence-corrected chi connectivity index (χ3v) is 6.32. The van der Waals surface area contributed by atoms with Crippen molar-refractivity contribution in [2.45, 2.75) is 19.9 Å². The van der Waals surface area contributed by atoms with Gasteiger partial charge >= 0.3 is 6.03 Å². The van der Waals surface area contributed by atoms with Crippen LogP contribution in [-0.2, 0) is 13.0 Å². The van der Waals surface area contributed by atoms with Crippen LogP contribution in [0.25, 0.3) is 10.9 Å². The Morgan fingerprint density at radius 1 is 1.03 bits per heavy atom. The molecule has 8 nitrogen and oxygen atoms in total. The van der Waals surface area contributed by atoms with E-state index in [0.717, 1.165) is 16.5 Å². The van der Waals surface area contributed by atoms with E-state index >= 15 is 0 Å². The van der Waals surface area contributed by atoms with E-state index < -0.39 is 0 Å². The molecule has 0 radical (unpaired) electrons. The summed E-state index contributed by atoms with van der Waals surface area (Å²) in [5.74, 6) is 1.79. The molecule has 0 saturated carbocycles. The van der Waals surface area contributed by atoms with Gasteiger partial charge in [0.15, 0.2) is 11.5 Å². The summed E-state index contributed by atoms with van der Waals surface area (Å²) in [6.45, 7) is 2.75. The number of nitrogens with one attached hydrogen (secondary N) is 2. The molecular weight excluding hydrogens is 458 g/mol. The maximum absolute atomic E-state index is 13.4. The van der Waals surface area contributed by atoms with Crippen LogP contribution < -0.4 is 25.1 Å². The molecule has 0 aliphatic carbocycles. The Hall–Kier alpha value is -4.46. The van der Waals surface area contributed by atoms with Gasteiger partial charge in [0.1, 0.15) is 5.75 Å². The van der Waals surface area contributed by atoms with Crippen molar-refractivity contribution in [1.29, 1.82) is 0 Å². The number of anilines is 1. The van der Waals surface area contributed by atoms with Gasteiger partial charge in [-0.15, -0.1) is 0 Å². The molecule has 0 saturated heterocycles. The molecule has 1 aliphatic heterocycles. The lowest BCUT2D eigenvalue weighted by atomic mass is 10.1. The highest BCUT2D eigenvalue weighted by molar-refractivity contribution is 5.91. The van der Waals surface area contributed by atoms with E-state index in [4.69, 9.17) is 14.2 Å². The van der Waals surface area contributed by atoms with Gasteiger partial charge in [-0.3, -0.25) is 4.79 Å². The summed E-state index contributed by atoms with van der Waals surface area (Å²) in [4.78, 5) is 31.0. The molecule has 0 fully saturated rings. The summed E-state index contributed by atoms with van der Waals surface area (Å²) in [5.41, 5.74) is 3.73. The highest BCUT2D eigenvalue weighted by Crippen LogP contribution is 2.35. The number of hydrogen-bond donors (Lipinski definition) is 2. The van der Waals surface area contributed by atoms with Crippen molar-refractivity contribution in [3.63, 3.8) is 0 Å². The number of H-pyrrole nitrogens is 1. The molecule has 2 N–H and O–H groups in total. The number of methoxy groups -OCH3 is 1. The number of pyridine rings is 1. The van der Waals surface area contributed by atoms with Gasteiger partial charge < -0.3 is 29.4 Å². The number of rotatable bonds is 7. The van der Waals surface area contributed by atoms with E-state index in [1.54, 1.807) is 36.3 Å². The molecule has 2 heterocycles. The van der Waals surface area contributed by atoms with Crippen LogP contribution >= 0.6 is 0 Å². The van der Waals surface area contributed by atoms with Crippen LogP contribution in [0.15, 0.2) is 71.5 Å². The first-order valence-electron chi connectivity index (χ1n) is 11.7. The number of para-hydroxylation sites is 2. The Bertz CT molecular complexity index is 1480. The molecule has 5 rings (SSSR count). The monoisotopic (exact) mass is 485 g/mol. The first-order chi connectivity index (χ1) is 17.5. The smallest absolute Gasteiger partial charge is 0.322 e. The summed E-state index contributed by atoms with van der Waals surface area (Å²) in [6, 6.07) is 20.4. The van der Waals surface area contributed by atoms with Crippen molar-refractivity contribution >= 4 is 22.6 Å². The Morgan fingerprint density at radius 2 is 1.78 bits per heavy atom. The van der Waals surface area contributed by atoms with Crippen LogP contribution in [0.5, 0.6) is 17.2 Å². The minimum atomic E-state index is -0.321. The number of fused-ring (bicyclic) bond motifs is 2. The number of carbonyl (C=O) groups excluding carboxylic acids is 1. The van der Waals surface area contributed by atoms with E-state index in [9.17, 15) is 9.59 Å². The lowest BCUT2D eigenvalue weighted by Gasteiger charge is -2.24. The fraction of sp³-hybridized carbons (Fsp3) is 0.214. The number of benzene rings is 3. The number of carbonyl (C=O) groups is 1. The van der Waals surface area contributed by atoms with Gasteiger partial charge in [-0.1, -0.05) is 36.4 Å². The van der Waals surface area contributed by atoms with Gasteiger partial charge in [-0.2, -0.15) is 0 Å². The number of aromatic amines is 1. The van der Waals surface area contributed by atoms with Gasteiger partial charge in [-0.05, 0) is 48.7 Å². The number of aromatic nitrogens is 1. The van der Waals surface area contributed by atoms with E-state index in [2.05, 4.69) is 16.4 Å². The van der Waals surface area contributed by atoms with Crippen molar-refractivity contribution in [2.75, 3.05) is 25.8 Å². The van der Waals surface area contributed by atoms with Crippen molar-refractivity contribution in [2.24, 2.45) is 0 Å². The number of urea groups is 1. The number of amides is 2. The Morgan fingerprint density at radius 3 is 2.58 bits per heavy atom. The quantitative estimate of drug-likeness (QED) is 0.390. The standard InChI is InChI=1S/C28H27N3O5/c1-18-7-3-4-8-19(18)11-12-31(28(33)30-22-9-5-6-10-24(22)34-2)16-21-13-20-14-25-26(36-17-35-25)15-23(20)29-27(21)32/h3-10,13-15H,11-12,16-17H2,1-2H3,(H,29,32)(H,30,33). The van der Waals surface area contributed by atoms with Gasteiger partial charge in [0, 0.05) is 23.6 Å². The van der Waals surface area contributed by atoms with Crippen molar-refractivity contribution in [3.8, 4) is 17.2 Å². The number of nitrogens with zero attached hydrogens (tertiary/aromatic N) is 1. The molecule has 0 unspecified atom stereocenters. The van der Waals surface area contributed by atoms with E-state index in [1.165, 1.54) is 0 Å². The Kier molecular flexibility index (Phi) is 6.49. The first-order valence-corrected chi connectivity index (χ1v) is 11.7. The van der Waals surface area contributed by atoms with Crippen LogP contribution in [0.3, 0.4) is 0 Å². The molecule has 1 aliphatic rings. The summed E-state index contributed by atoms with van der Waals surface area (Å²) in [5, 5.41) is 3.74. The Labute approximate surface area is 208 Å². The molecular formula is C28H27N3O5. The van der Waals surface area contributed by atoms with Crippen LogP contribution in [0.4, 0.5) is 10.5 Å². The maximum Gasteiger partial charge on any atom is 0.322 e. The van der Waals surface area contributed by atoms with E-state index in [-0.39, 0.29) is 24.9 Å². The van der Waals surface area contributed by atoms with Gasteiger partial charge in [0.2, 0.25) is 6.79 Å². The average molecular weight is 486 g/mol. The molecule has 36 heavy (non-hydrogen) atoms. The zero-order valence-electron chi connectivity index (χ0n) is 20.2. The van der Waals surface area contributed by atoms with Gasteiger partial charge in [0.25, 0.3) is 5.56 Å². The lowest BCUT2D eigenvalue weighted by Crippen LogP contribution is -2.37. The molecule has 3 aromatic carbocycles. The number of hydrogen-bond acceptors (Lipinski definition) is 5. The van der Waals surface area contributed by atoms with Crippen LogP contribution in [0, 0.1) is 6.92 Å². The minimum absolute atomic E-state index is 0.132. The topological polar surface area (TPSA) is 92.9 Å². The molecule has 0 bridgehead atoms. The van der Waals surface area contributed by atoms with Crippen LogP contribution in [0.1, 0.15) is 16.7 Å². The van der Waals surface area contributed by atoms with E-state index in [1.807, 2.05) is 43.3 Å². The lowest BCUT2D eigenvalue weighted by molar-refractivity contribution is 0.174. The third-order valence-electron chi connectivity index (χ3n) is 6.32. The fourth-order valence-electron chi connectivity index (χ4n) is 4.30. The molecule has 0 atom stereocenters. The Balaban J connectivity index is 1.44. The summed E-state index contributed by atoms with van der Waals surface area (Å²) in [6.07, 6.45) is 0.649. The van der Waals surface area contributed by atoms with Gasteiger partial charge in [0.05, 0.1) is 24.9 Å². The highest BCUT2D eigenvalue weighted by atomic mass is 16.7. The third kappa shape index (κ3) is 4.84. The van der Waals surface area contributed by atoms with Crippen LogP contribution in [-0.4, -0.2) is 36.4 Å². The molecule has 2 amide bonds. The second-order valence-corrected chi connectivity index (χ2v) is 8.64. The van der Waals surface area contributed by atoms with Crippen molar-refractivity contribution < 1.29 is 19.0 Å². The van der Waals surface area contributed by atoms with Gasteiger partial charge in [-0.25, -0.2) is 4.79 Å². The van der Waals surface area contributed by atoms with Crippen LogP contribution in [0.2, 0.25) is 0 Å². The predicted octanol–water partition coefficient (Wildman–Crippen LogP) is 4.85. The molecule has 4 aromatic rings. The molecule has 0 spiro atoms. The number of aryl methyl sites for hydroxylation is 1. The second-order valence-electron chi connectivity index (χ2n) is 8.64. The average Bonchev–Trinajstić information content (AvgIpc) is 3.34. The summed E-state index contributed by atoms with van der Waals surface area (Å²) in [7, 11) is 1.56.